The molecule has 5 heteroatoms. The first kappa shape index (κ1) is 23.6. The molecule has 0 radical (unpaired) electrons. The Bertz CT molecular complexity index is 1270. The van der Waals surface area contributed by atoms with E-state index in [1.807, 2.05) is 18.2 Å². The van der Waals surface area contributed by atoms with Gasteiger partial charge in [-0.3, -0.25) is 4.79 Å². The van der Waals surface area contributed by atoms with E-state index < -0.39 is 0 Å². The summed E-state index contributed by atoms with van der Waals surface area (Å²) in [7, 11) is 1.60. The number of nitrogens with one attached hydrogen (secondary N) is 1. The lowest BCUT2D eigenvalue weighted by Crippen LogP contribution is -2.25. The molecule has 4 rings (SSSR count). The van der Waals surface area contributed by atoms with Gasteiger partial charge in [0.2, 0.25) is 0 Å². The van der Waals surface area contributed by atoms with Gasteiger partial charge < -0.3 is 14.6 Å². The molecular formula is C29H33N3O2. The Labute approximate surface area is 201 Å². The van der Waals surface area contributed by atoms with Crippen molar-refractivity contribution in [2.24, 2.45) is 0 Å². The van der Waals surface area contributed by atoms with Gasteiger partial charge in [-0.15, -0.1) is 0 Å². The maximum Gasteiger partial charge on any atom is 0.251 e. The highest BCUT2D eigenvalue weighted by atomic mass is 16.5. The van der Waals surface area contributed by atoms with Crippen LogP contribution in [0.2, 0.25) is 0 Å². The van der Waals surface area contributed by atoms with Crippen molar-refractivity contribution < 1.29 is 9.53 Å². The maximum absolute atomic E-state index is 12.5. The third kappa shape index (κ3) is 5.48. The van der Waals surface area contributed by atoms with E-state index >= 15 is 0 Å². The van der Waals surface area contributed by atoms with Gasteiger partial charge in [-0.25, -0.2) is 4.98 Å². The third-order valence-electron chi connectivity index (χ3n) is 6.09. The molecule has 0 bridgehead atoms. The summed E-state index contributed by atoms with van der Waals surface area (Å²) >= 11 is 0. The Morgan fingerprint density at radius 1 is 1.00 bits per heavy atom. The van der Waals surface area contributed by atoms with Crippen LogP contribution in [0.3, 0.4) is 0 Å². The van der Waals surface area contributed by atoms with Crippen LogP contribution in [0.15, 0.2) is 72.8 Å². The summed E-state index contributed by atoms with van der Waals surface area (Å²) in [5.74, 6) is 1.62. The number of hydrogen-bond acceptors (Lipinski definition) is 3. The predicted octanol–water partition coefficient (Wildman–Crippen LogP) is 5.75. The van der Waals surface area contributed by atoms with Gasteiger partial charge >= 0.3 is 0 Å². The highest BCUT2D eigenvalue weighted by Crippen LogP contribution is 2.24. The largest absolute Gasteiger partial charge is 0.497 e. The van der Waals surface area contributed by atoms with Crippen molar-refractivity contribution >= 4 is 16.9 Å². The summed E-state index contributed by atoms with van der Waals surface area (Å²) in [4.78, 5) is 17.4. The van der Waals surface area contributed by atoms with E-state index in [4.69, 9.17) is 9.72 Å². The summed E-state index contributed by atoms with van der Waals surface area (Å²) < 4.78 is 7.51. The zero-order chi connectivity index (χ0) is 24.1. The van der Waals surface area contributed by atoms with Gasteiger partial charge in [0.15, 0.2) is 0 Å². The fourth-order valence-corrected chi connectivity index (χ4v) is 4.10. The first-order valence-corrected chi connectivity index (χ1v) is 11.8. The molecule has 1 amide bonds. The fraction of sp³-hybridized carbons (Fsp3) is 0.310. The minimum absolute atomic E-state index is 0.0914. The zero-order valence-electron chi connectivity index (χ0n) is 20.5. The number of para-hydroxylation sites is 2. The second-order valence-corrected chi connectivity index (χ2v) is 9.64. The molecule has 0 aliphatic heterocycles. The number of ether oxygens (including phenoxy) is 1. The van der Waals surface area contributed by atoms with Crippen LogP contribution in [0.4, 0.5) is 0 Å². The summed E-state index contributed by atoms with van der Waals surface area (Å²) in [5.41, 5.74) is 5.47. The van der Waals surface area contributed by atoms with Gasteiger partial charge in [0.25, 0.3) is 5.91 Å². The Balaban J connectivity index is 1.44. The monoisotopic (exact) mass is 455 g/mol. The van der Waals surface area contributed by atoms with Crippen molar-refractivity contribution in [1.29, 1.82) is 0 Å². The molecule has 1 heterocycles. The molecule has 1 aromatic heterocycles. The summed E-state index contributed by atoms with van der Waals surface area (Å²) in [5, 5.41) is 3.01. The van der Waals surface area contributed by atoms with E-state index in [0.717, 1.165) is 36.2 Å². The average Bonchev–Trinajstić information content (AvgIpc) is 3.18. The molecule has 1 N–H and O–H groups in total. The minimum atomic E-state index is -0.0914. The fourth-order valence-electron chi connectivity index (χ4n) is 4.10. The van der Waals surface area contributed by atoms with Crippen molar-refractivity contribution in [3.05, 3.63) is 95.3 Å². The summed E-state index contributed by atoms with van der Waals surface area (Å²) in [6, 6.07) is 24.3. The number of rotatable bonds is 8. The van der Waals surface area contributed by atoms with Crippen LogP contribution < -0.4 is 10.1 Å². The van der Waals surface area contributed by atoms with Gasteiger partial charge in [-0.1, -0.05) is 63.2 Å². The molecule has 0 spiro atoms. The van der Waals surface area contributed by atoms with Crippen molar-refractivity contribution in [2.45, 2.75) is 45.6 Å². The number of carbonyl (C=O) groups is 1. The molecule has 5 nitrogen and oxygen atoms in total. The second kappa shape index (κ2) is 10.1. The van der Waals surface area contributed by atoms with Crippen molar-refractivity contribution in [1.82, 2.24) is 14.9 Å². The number of hydrogen-bond donors (Lipinski definition) is 1. The lowest BCUT2D eigenvalue weighted by Gasteiger charge is -2.19. The zero-order valence-corrected chi connectivity index (χ0v) is 20.5. The number of amides is 1. The van der Waals surface area contributed by atoms with Crippen LogP contribution in [0.1, 0.15) is 54.5 Å². The molecule has 0 aliphatic carbocycles. The van der Waals surface area contributed by atoms with Crippen molar-refractivity contribution in [3.63, 3.8) is 0 Å². The molecule has 4 aromatic rings. The number of imidazole rings is 1. The number of benzene rings is 3. The number of nitrogens with zero attached hydrogens (tertiary/aromatic N) is 2. The van der Waals surface area contributed by atoms with E-state index in [1.165, 1.54) is 11.1 Å². The quantitative estimate of drug-likeness (QED) is 0.344. The standard InChI is InChI=1S/C29H33N3O2/c1-29(2,3)23-16-14-21(15-17-23)20-32-26-12-6-5-11-25(26)31-27(32)13-8-18-30-28(33)22-9-7-10-24(19-22)34-4/h5-7,9-12,14-17,19H,8,13,18,20H2,1-4H3,(H,30,33). The summed E-state index contributed by atoms with van der Waals surface area (Å²) in [6.07, 6.45) is 1.59. The van der Waals surface area contributed by atoms with E-state index in [9.17, 15) is 4.79 Å². The first-order valence-electron chi connectivity index (χ1n) is 11.8. The van der Waals surface area contributed by atoms with Gasteiger partial charge in [0.05, 0.1) is 18.1 Å². The van der Waals surface area contributed by atoms with E-state index in [0.29, 0.717) is 17.9 Å². The SMILES string of the molecule is COc1cccc(C(=O)NCCCc2nc3ccccc3n2Cc2ccc(C(C)(C)C)cc2)c1. The van der Waals surface area contributed by atoms with Crippen LogP contribution in [0.5, 0.6) is 5.75 Å². The number of methoxy groups -OCH3 is 1. The Morgan fingerprint density at radius 2 is 1.76 bits per heavy atom. The van der Waals surface area contributed by atoms with E-state index in [2.05, 4.69) is 73.1 Å². The highest BCUT2D eigenvalue weighted by molar-refractivity contribution is 5.94. The van der Waals surface area contributed by atoms with Crippen molar-refractivity contribution in [3.8, 4) is 5.75 Å². The number of aromatic nitrogens is 2. The molecule has 0 saturated heterocycles. The molecule has 0 fully saturated rings. The van der Waals surface area contributed by atoms with Crippen molar-refractivity contribution in [2.75, 3.05) is 13.7 Å². The molecular weight excluding hydrogens is 422 g/mol. The Morgan fingerprint density at radius 3 is 2.50 bits per heavy atom. The van der Waals surface area contributed by atoms with Gasteiger partial charge in [0.1, 0.15) is 11.6 Å². The normalized spacial score (nSPS) is 11.5. The van der Waals surface area contributed by atoms with Crippen LogP contribution >= 0.6 is 0 Å². The number of fused-ring (bicyclic) bond motifs is 1. The molecule has 0 aliphatic rings. The lowest BCUT2D eigenvalue weighted by atomic mass is 9.87. The van der Waals surface area contributed by atoms with Crippen LogP contribution in [0.25, 0.3) is 11.0 Å². The first-order chi connectivity index (χ1) is 16.3. The summed E-state index contributed by atoms with van der Waals surface area (Å²) in [6.45, 7) is 8.06. The van der Waals surface area contributed by atoms with Gasteiger partial charge in [-0.2, -0.15) is 0 Å². The second-order valence-electron chi connectivity index (χ2n) is 9.64. The maximum atomic E-state index is 12.5. The molecule has 3 aromatic carbocycles. The molecule has 0 unspecified atom stereocenters. The van der Waals surface area contributed by atoms with Crippen LogP contribution in [0, 0.1) is 0 Å². The van der Waals surface area contributed by atoms with E-state index in [-0.39, 0.29) is 11.3 Å². The molecule has 0 saturated carbocycles. The molecule has 176 valence electrons. The predicted molar refractivity (Wildman–Crippen MR) is 138 cm³/mol. The Hall–Kier alpha value is -3.60. The topological polar surface area (TPSA) is 56.1 Å². The molecule has 34 heavy (non-hydrogen) atoms. The lowest BCUT2D eigenvalue weighted by molar-refractivity contribution is 0.0953. The number of carbonyl (C=O) groups excluding carboxylic acids is 1. The third-order valence-corrected chi connectivity index (χ3v) is 6.09. The average molecular weight is 456 g/mol. The minimum Gasteiger partial charge on any atom is -0.497 e. The van der Waals surface area contributed by atoms with Crippen LogP contribution in [-0.4, -0.2) is 29.1 Å². The van der Waals surface area contributed by atoms with Crippen LogP contribution in [-0.2, 0) is 18.4 Å². The smallest absolute Gasteiger partial charge is 0.251 e. The van der Waals surface area contributed by atoms with E-state index in [1.54, 1.807) is 19.2 Å². The van der Waals surface area contributed by atoms with Gasteiger partial charge in [-0.05, 0) is 53.3 Å². The molecule has 0 atom stereocenters. The number of aryl methyl sites for hydroxylation is 1. The van der Waals surface area contributed by atoms with Gasteiger partial charge in [0, 0.05) is 25.1 Å². The Kier molecular flexibility index (Phi) is 7.01. The highest BCUT2D eigenvalue weighted by Gasteiger charge is 2.15.